The number of thiophene rings is 1. The molecule has 136 valence electrons. The van der Waals surface area contributed by atoms with Gasteiger partial charge in [-0.3, -0.25) is 4.79 Å². The van der Waals surface area contributed by atoms with Crippen LogP contribution in [-0.4, -0.2) is 15.7 Å². The zero-order valence-corrected chi connectivity index (χ0v) is 15.8. The van der Waals surface area contributed by atoms with Crippen molar-refractivity contribution >= 4 is 27.5 Å². The molecule has 27 heavy (non-hydrogen) atoms. The number of halogens is 1. The lowest BCUT2D eigenvalue weighted by molar-refractivity contribution is 0.0944. The molecule has 2 heterocycles. The largest absolute Gasteiger partial charge is 0.345 e. The van der Waals surface area contributed by atoms with Gasteiger partial charge in [0.2, 0.25) is 0 Å². The number of hydrogen-bond acceptors (Lipinski definition) is 3. The maximum Gasteiger partial charge on any atom is 0.261 e. The number of aromatic nitrogens is 2. The van der Waals surface area contributed by atoms with Gasteiger partial charge in [-0.25, -0.2) is 9.07 Å². The molecule has 0 saturated heterocycles. The number of amides is 1. The van der Waals surface area contributed by atoms with Gasteiger partial charge in [0.25, 0.3) is 5.91 Å². The molecule has 1 N–H and O–H groups in total. The Morgan fingerprint density at radius 3 is 2.56 bits per heavy atom. The van der Waals surface area contributed by atoms with Crippen molar-refractivity contribution in [1.82, 2.24) is 15.1 Å². The summed E-state index contributed by atoms with van der Waals surface area (Å²) in [7, 11) is 0. The second-order valence-electron chi connectivity index (χ2n) is 6.41. The van der Waals surface area contributed by atoms with Gasteiger partial charge in [-0.1, -0.05) is 30.3 Å². The predicted octanol–water partition coefficient (Wildman–Crippen LogP) is 5.03. The second-order valence-corrected chi connectivity index (χ2v) is 7.44. The van der Waals surface area contributed by atoms with E-state index in [0.29, 0.717) is 4.88 Å². The van der Waals surface area contributed by atoms with Gasteiger partial charge in [0.15, 0.2) is 0 Å². The van der Waals surface area contributed by atoms with Crippen LogP contribution >= 0.6 is 11.3 Å². The molecule has 2 aromatic heterocycles. The standard InChI is InChI=1S/C21H18FN3OS/c1-13(15-6-4-3-5-7-15)23-20(26)19-12-18-14(2)24-25(21(18)27-19)17-10-8-16(22)9-11-17/h3-13H,1-2H3,(H,23,26)/t13-/m0/s1. The fourth-order valence-electron chi connectivity index (χ4n) is 3.01. The molecule has 1 amide bonds. The highest BCUT2D eigenvalue weighted by Gasteiger charge is 2.18. The fraction of sp³-hybridized carbons (Fsp3) is 0.143. The highest BCUT2D eigenvalue weighted by atomic mass is 32.1. The van der Waals surface area contributed by atoms with Crippen LogP contribution in [0.4, 0.5) is 4.39 Å². The number of carbonyl (C=O) groups excluding carboxylic acids is 1. The molecule has 0 fully saturated rings. The molecule has 0 unspecified atom stereocenters. The molecule has 0 spiro atoms. The lowest BCUT2D eigenvalue weighted by Gasteiger charge is -2.13. The van der Waals surface area contributed by atoms with Crippen molar-refractivity contribution in [2.75, 3.05) is 0 Å². The van der Waals surface area contributed by atoms with E-state index < -0.39 is 0 Å². The van der Waals surface area contributed by atoms with E-state index in [4.69, 9.17) is 0 Å². The highest BCUT2D eigenvalue weighted by molar-refractivity contribution is 7.20. The Balaban J connectivity index is 1.64. The van der Waals surface area contributed by atoms with Crippen LogP contribution in [0.1, 0.15) is 33.9 Å². The van der Waals surface area contributed by atoms with Crippen LogP contribution in [0.25, 0.3) is 15.9 Å². The first kappa shape index (κ1) is 17.4. The Morgan fingerprint density at radius 2 is 1.85 bits per heavy atom. The molecule has 6 heteroatoms. The highest BCUT2D eigenvalue weighted by Crippen LogP contribution is 2.30. The van der Waals surface area contributed by atoms with Crippen molar-refractivity contribution in [3.05, 3.63) is 82.6 Å². The van der Waals surface area contributed by atoms with Crippen molar-refractivity contribution in [3.63, 3.8) is 0 Å². The quantitative estimate of drug-likeness (QED) is 0.541. The number of hydrogen-bond donors (Lipinski definition) is 1. The maximum atomic E-state index is 13.2. The SMILES string of the molecule is Cc1nn(-c2ccc(F)cc2)c2sc(C(=O)N[C@@H](C)c3ccccc3)cc12. The van der Waals surface area contributed by atoms with Gasteiger partial charge in [-0.15, -0.1) is 11.3 Å². The van der Waals surface area contributed by atoms with E-state index in [0.717, 1.165) is 27.2 Å². The van der Waals surface area contributed by atoms with Crippen LogP contribution < -0.4 is 5.32 Å². The summed E-state index contributed by atoms with van der Waals surface area (Å²) in [6.07, 6.45) is 0. The van der Waals surface area contributed by atoms with Crippen molar-refractivity contribution < 1.29 is 9.18 Å². The van der Waals surface area contributed by atoms with Crippen LogP contribution in [0.2, 0.25) is 0 Å². The number of carbonyl (C=O) groups is 1. The summed E-state index contributed by atoms with van der Waals surface area (Å²) in [6, 6.07) is 17.8. The zero-order chi connectivity index (χ0) is 19.0. The minimum Gasteiger partial charge on any atom is -0.345 e. The third-order valence-electron chi connectivity index (χ3n) is 4.49. The Kier molecular flexibility index (Phi) is 4.49. The lowest BCUT2D eigenvalue weighted by atomic mass is 10.1. The van der Waals surface area contributed by atoms with E-state index in [1.807, 2.05) is 50.2 Å². The molecule has 0 aliphatic heterocycles. The molecular formula is C21H18FN3OS. The number of fused-ring (bicyclic) bond motifs is 1. The van der Waals surface area contributed by atoms with Crippen LogP contribution in [0.5, 0.6) is 0 Å². The predicted molar refractivity (Wildman–Crippen MR) is 106 cm³/mol. The molecule has 2 aromatic carbocycles. The van der Waals surface area contributed by atoms with Crippen molar-refractivity contribution in [2.45, 2.75) is 19.9 Å². The number of nitrogens with one attached hydrogen (secondary N) is 1. The van der Waals surface area contributed by atoms with Gasteiger partial charge in [-0.2, -0.15) is 5.10 Å². The number of aryl methyl sites for hydroxylation is 1. The van der Waals surface area contributed by atoms with E-state index in [9.17, 15) is 9.18 Å². The number of nitrogens with zero attached hydrogens (tertiary/aromatic N) is 2. The summed E-state index contributed by atoms with van der Waals surface area (Å²) >= 11 is 1.38. The number of benzene rings is 2. The fourth-order valence-corrected chi connectivity index (χ4v) is 4.10. The Bertz CT molecular complexity index is 1100. The monoisotopic (exact) mass is 379 g/mol. The lowest BCUT2D eigenvalue weighted by Crippen LogP contribution is -2.25. The Hall–Kier alpha value is -2.99. The van der Waals surface area contributed by atoms with Crippen molar-refractivity contribution in [1.29, 1.82) is 0 Å². The Labute approximate surface area is 160 Å². The molecule has 4 aromatic rings. The molecule has 0 aliphatic rings. The third kappa shape index (κ3) is 3.36. The minimum absolute atomic E-state index is 0.0846. The van der Waals surface area contributed by atoms with Crippen LogP contribution in [0.3, 0.4) is 0 Å². The van der Waals surface area contributed by atoms with Crippen LogP contribution in [0.15, 0.2) is 60.7 Å². The summed E-state index contributed by atoms with van der Waals surface area (Å²) in [6.45, 7) is 3.87. The van der Waals surface area contributed by atoms with E-state index in [2.05, 4.69) is 10.4 Å². The van der Waals surface area contributed by atoms with E-state index in [1.165, 1.54) is 23.5 Å². The molecule has 4 rings (SSSR count). The summed E-state index contributed by atoms with van der Waals surface area (Å²) in [5.41, 5.74) is 2.65. The van der Waals surface area contributed by atoms with E-state index in [-0.39, 0.29) is 17.8 Å². The second kappa shape index (κ2) is 6.96. The average Bonchev–Trinajstić information content (AvgIpc) is 3.24. The molecule has 0 aliphatic carbocycles. The van der Waals surface area contributed by atoms with Crippen LogP contribution in [0, 0.1) is 12.7 Å². The van der Waals surface area contributed by atoms with Gasteiger partial charge in [0.1, 0.15) is 10.6 Å². The van der Waals surface area contributed by atoms with Gasteiger partial charge >= 0.3 is 0 Å². The molecule has 0 radical (unpaired) electrons. The average molecular weight is 379 g/mol. The molecule has 1 atom stereocenters. The summed E-state index contributed by atoms with van der Waals surface area (Å²) in [5, 5.41) is 8.51. The first-order valence-electron chi connectivity index (χ1n) is 8.64. The molecule has 0 bridgehead atoms. The topological polar surface area (TPSA) is 46.9 Å². The van der Waals surface area contributed by atoms with Gasteiger partial charge in [0, 0.05) is 5.39 Å². The Morgan fingerprint density at radius 1 is 1.15 bits per heavy atom. The zero-order valence-electron chi connectivity index (χ0n) is 14.9. The summed E-state index contributed by atoms with van der Waals surface area (Å²) < 4.78 is 15.0. The minimum atomic E-state index is -0.292. The summed E-state index contributed by atoms with van der Waals surface area (Å²) in [5.74, 6) is -0.405. The first-order valence-corrected chi connectivity index (χ1v) is 9.45. The van der Waals surface area contributed by atoms with Crippen molar-refractivity contribution in [2.24, 2.45) is 0 Å². The molecule has 0 saturated carbocycles. The van der Waals surface area contributed by atoms with Gasteiger partial charge in [0.05, 0.1) is 22.3 Å². The van der Waals surface area contributed by atoms with Crippen molar-refractivity contribution in [3.8, 4) is 5.69 Å². The van der Waals surface area contributed by atoms with E-state index in [1.54, 1.807) is 16.8 Å². The molecule has 4 nitrogen and oxygen atoms in total. The first-order chi connectivity index (χ1) is 13.0. The van der Waals surface area contributed by atoms with Gasteiger partial charge in [-0.05, 0) is 49.7 Å². The van der Waals surface area contributed by atoms with Gasteiger partial charge < -0.3 is 5.32 Å². The molecular weight excluding hydrogens is 361 g/mol. The maximum absolute atomic E-state index is 13.2. The smallest absolute Gasteiger partial charge is 0.261 e. The third-order valence-corrected chi connectivity index (χ3v) is 5.60. The number of rotatable bonds is 4. The van der Waals surface area contributed by atoms with Crippen LogP contribution in [-0.2, 0) is 0 Å². The normalized spacial score (nSPS) is 12.3. The van der Waals surface area contributed by atoms with E-state index >= 15 is 0 Å². The summed E-state index contributed by atoms with van der Waals surface area (Å²) in [4.78, 5) is 14.2.